The van der Waals surface area contributed by atoms with Gasteiger partial charge in [-0.2, -0.15) is 0 Å². The van der Waals surface area contributed by atoms with Crippen molar-refractivity contribution in [3.05, 3.63) is 41.5 Å². The molecule has 1 atom stereocenters. The Morgan fingerprint density at radius 2 is 2.00 bits per heavy atom. The second-order valence-corrected chi connectivity index (χ2v) is 3.57. The number of carbonyl (C=O) groups is 2. The lowest BCUT2D eigenvalue weighted by Crippen LogP contribution is -2.15. The first-order chi connectivity index (χ1) is 8.06. The van der Waals surface area contributed by atoms with E-state index in [1.54, 1.807) is 13.0 Å². The third-order valence-corrected chi connectivity index (χ3v) is 2.28. The van der Waals surface area contributed by atoms with Crippen molar-refractivity contribution in [2.75, 3.05) is 0 Å². The Morgan fingerprint density at radius 1 is 1.35 bits per heavy atom. The number of aromatic carboxylic acids is 1. The van der Waals surface area contributed by atoms with Gasteiger partial charge in [-0.3, -0.25) is 0 Å². The quantitative estimate of drug-likeness (QED) is 0.804. The minimum atomic E-state index is -1.00. The van der Waals surface area contributed by atoms with E-state index in [1.807, 2.05) is 0 Å². The van der Waals surface area contributed by atoms with Gasteiger partial charge >= 0.3 is 11.9 Å². The molecule has 0 fully saturated rings. The minimum Gasteiger partial charge on any atom is -0.478 e. The van der Waals surface area contributed by atoms with E-state index in [0.29, 0.717) is 11.3 Å². The number of hydrogen-bond donors (Lipinski definition) is 1. The van der Waals surface area contributed by atoms with E-state index in [4.69, 9.17) is 14.6 Å². The Balaban J connectivity index is 2.05. The van der Waals surface area contributed by atoms with Crippen LogP contribution in [0.15, 0.2) is 35.9 Å². The van der Waals surface area contributed by atoms with Crippen molar-refractivity contribution in [2.45, 2.75) is 13.2 Å². The molecule has 0 spiro atoms. The van der Waals surface area contributed by atoms with Crippen LogP contribution in [-0.2, 0) is 9.53 Å². The summed E-state index contributed by atoms with van der Waals surface area (Å²) in [6.07, 6.45) is 0.825. The molecule has 0 saturated carbocycles. The SMILES string of the molecule is CC1=CC(Oc2ccc(C(=O)O)cc2)OC1=O. The van der Waals surface area contributed by atoms with E-state index < -0.39 is 18.2 Å². The van der Waals surface area contributed by atoms with E-state index in [0.717, 1.165) is 0 Å². The van der Waals surface area contributed by atoms with Gasteiger partial charge < -0.3 is 14.6 Å². The molecule has 0 amide bonds. The number of esters is 1. The van der Waals surface area contributed by atoms with Crippen molar-refractivity contribution in [3.8, 4) is 5.75 Å². The number of carboxylic acid groups (broad SMARTS) is 1. The van der Waals surface area contributed by atoms with Crippen LogP contribution in [-0.4, -0.2) is 23.3 Å². The average molecular weight is 234 g/mol. The molecule has 1 aliphatic rings. The predicted molar refractivity (Wildman–Crippen MR) is 57.7 cm³/mol. The van der Waals surface area contributed by atoms with Gasteiger partial charge in [0.05, 0.1) is 5.56 Å². The highest BCUT2D eigenvalue weighted by Crippen LogP contribution is 2.19. The second-order valence-electron chi connectivity index (χ2n) is 3.57. The number of carbonyl (C=O) groups excluding carboxylic acids is 1. The van der Waals surface area contributed by atoms with Crippen molar-refractivity contribution < 1.29 is 24.2 Å². The maximum atomic E-state index is 11.1. The number of cyclic esters (lactones) is 1. The van der Waals surface area contributed by atoms with Gasteiger partial charge in [0.2, 0.25) is 0 Å². The topological polar surface area (TPSA) is 72.8 Å². The van der Waals surface area contributed by atoms with E-state index in [2.05, 4.69) is 0 Å². The Morgan fingerprint density at radius 3 is 2.47 bits per heavy atom. The maximum Gasteiger partial charge on any atom is 0.336 e. The zero-order valence-electron chi connectivity index (χ0n) is 9.04. The molecule has 0 aliphatic carbocycles. The first-order valence-electron chi connectivity index (χ1n) is 4.95. The normalized spacial score (nSPS) is 18.5. The number of ether oxygens (including phenoxy) is 2. The van der Waals surface area contributed by atoms with Crippen molar-refractivity contribution in [2.24, 2.45) is 0 Å². The zero-order chi connectivity index (χ0) is 12.4. The lowest BCUT2D eigenvalue weighted by molar-refractivity contribution is -0.148. The molecule has 17 heavy (non-hydrogen) atoms. The number of benzene rings is 1. The maximum absolute atomic E-state index is 11.1. The molecule has 5 heteroatoms. The smallest absolute Gasteiger partial charge is 0.336 e. The molecule has 0 radical (unpaired) electrons. The molecule has 0 bridgehead atoms. The van der Waals surface area contributed by atoms with Crippen LogP contribution in [0.5, 0.6) is 5.75 Å². The van der Waals surface area contributed by atoms with Crippen LogP contribution in [0.25, 0.3) is 0 Å². The largest absolute Gasteiger partial charge is 0.478 e. The Kier molecular flexibility index (Phi) is 2.82. The molecule has 1 aromatic rings. The first-order valence-corrected chi connectivity index (χ1v) is 4.95. The molecule has 5 nitrogen and oxygen atoms in total. The summed E-state index contributed by atoms with van der Waals surface area (Å²) in [6, 6.07) is 5.87. The van der Waals surface area contributed by atoms with Gasteiger partial charge in [0, 0.05) is 11.6 Å². The van der Waals surface area contributed by atoms with Crippen molar-refractivity contribution in [3.63, 3.8) is 0 Å². The molecule has 0 saturated heterocycles. The summed E-state index contributed by atoms with van der Waals surface area (Å²) in [5.74, 6) is -0.963. The summed E-state index contributed by atoms with van der Waals surface area (Å²) >= 11 is 0. The van der Waals surface area contributed by atoms with Gasteiger partial charge in [0.1, 0.15) is 5.75 Å². The van der Waals surface area contributed by atoms with Crippen LogP contribution >= 0.6 is 0 Å². The van der Waals surface area contributed by atoms with Crippen LogP contribution in [0, 0.1) is 0 Å². The fraction of sp³-hybridized carbons (Fsp3) is 0.167. The van der Waals surface area contributed by atoms with Crippen LogP contribution in [0.3, 0.4) is 0 Å². The van der Waals surface area contributed by atoms with Crippen molar-refractivity contribution in [1.29, 1.82) is 0 Å². The zero-order valence-corrected chi connectivity index (χ0v) is 9.04. The third kappa shape index (κ3) is 2.44. The fourth-order valence-electron chi connectivity index (χ4n) is 1.37. The van der Waals surface area contributed by atoms with Crippen molar-refractivity contribution in [1.82, 2.24) is 0 Å². The van der Waals surface area contributed by atoms with E-state index >= 15 is 0 Å². The van der Waals surface area contributed by atoms with Crippen LogP contribution in [0.4, 0.5) is 0 Å². The lowest BCUT2D eigenvalue weighted by Gasteiger charge is -2.11. The highest BCUT2D eigenvalue weighted by molar-refractivity contribution is 5.90. The van der Waals surface area contributed by atoms with E-state index in [9.17, 15) is 9.59 Å². The second kappa shape index (κ2) is 4.29. The first kappa shape index (κ1) is 11.2. The summed E-state index contributed by atoms with van der Waals surface area (Å²) in [4.78, 5) is 21.7. The van der Waals surface area contributed by atoms with Crippen LogP contribution in [0.2, 0.25) is 0 Å². The van der Waals surface area contributed by atoms with Gasteiger partial charge in [-0.05, 0) is 31.2 Å². The molecule has 0 aromatic heterocycles. The monoisotopic (exact) mass is 234 g/mol. The molecular weight excluding hydrogens is 224 g/mol. The average Bonchev–Trinajstić information content (AvgIpc) is 2.58. The molecule has 1 aromatic carbocycles. The number of rotatable bonds is 3. The highest BCUT2D eigenvalue weighted by Gasteiger charge is 2.23. The highest BCUT2D eigenvalue weighted by atomic mass is 16.7. The third-order valence-electron chi connectivity index (χ3n) is 2.28. The minimum absolute atomic E-state index is 0.174. The molecule has 1 heterocycles. The van der Waals surface area contributed by atoms with Gasteiger partial charge in [-0.15, -0.1) is 0 Å². The fourth-order valence-corrected chi connectivity index (χ4v) is 1.37. The van der Waals surface area contributed by atoms with Gasteiger partial charge in [0.15, 0.2) is 0 Å². The lowest BCUT2D eigenvalue weighted by atomic mass is 10.2. The molecule has 1 aliphatic heterocycles. The van der Waals surface area contributed by atoms with Crippen molar-refractivity contribution >= 4 is 11.9 Å². The molecule has 1 unspecified atom stereocenters. The predicted octanol–water partition coefficient (Wildman–Crippen LogP) is 1.59. The molecule has 2 rings (SSSR count). The van der Waals surface area contributed by atoms with Gasteiger partial charge in [-0.25, -0.2) is 9.59 Å². The Hall–Kier alpha value is -2.30. The number of carboxylic acids is 1. The summed E-state index contributed by atoms with van der Waals surface area (Å²) in [5, 5.41) is 8.71. The summed E-state index contributed by atoms with van der Waals surface area (Å²) in [6.45, 7) is 1.64. The van der Waals surface area contributed by atoms with Crippen LogP contribution < -0.4 is 4.74 Å². The van der Waals surface area contributed by atoms with E-state index in [-0.39, 0.29) is 5.56 Å². The standard InChI is InChI=1S/C12H10O5/c1-7-6-10(17-12(7)15)16-9-4-2-8(3-5-9)11(13)14/h2-6,10H,1H3,(H,13,14). The summed E-state index contributed by atoms with van der Waals surface area (Å²) < 4.78 is 10.2. The molecule has 1 N–H and O–H groups in total. The Labute approximate surface area is 97.3 Å². The number of hydrogen-bond acceptors (Lipinski definition) is 4. The summed E-state index contributed by atoms with van der Waals surface area (Å²) in [5.41, 5.74) is 0.671. The Bertz CT molecular complexity index is 486. The molecule has 88 valence electrons. The van der Waals surface area contributed by atoms with Gasteiger partial charge in [0.25, 0.3) is 6.29 Å². The van der Waals surface area contributed by atoms with E-state index in [1.165, 1.54) is 24.3 Å². The summed E-state index contributed by atoms with van der Waals surface area (Å²) in [7, 11) is 0. The van der Waals surface area contributed by atoms with Gasteiger partial charge in [-0.1, -0.05) is 0 Å². The van der Waals surface area contributed by atoms with Crippen LogP contribution in [0.1, 0.15) is 17.3 Å². The molecular formula is C12H10O5.